The lowest BCUT2D eigenvalue weighted by atomic mass is 9.95. The van der Waals surface area contributed by atoms with E-state index in [2.05, 4.69) is 20.6 Å². The van der Waals surface area contributed by atoms with E-state index in [-0.39, 0.29) is 30.3 Å². The van der Waals surface area contributed by atoms with Crippen molar-refractivity contribution in [3.8, 4) is 5.88 Å². The fourth-order valence-corrected chi connectivity index (χ4v) is 3.83. The number of amides is 1. The van der Waals surface area contributed by atoms with E-state index in [9.17, 15) is 22.8 Å². The average molecular weight is 499 g/mol. The third kappa shape index (κ3) is 5.81. The lowest BCUT2D eigenvalue weighted by Crippen LogP contribution is -2.33. The molecule has 2 aromatic heterocycles. The summed E-state index contributed by atoms with van der Waals surface area (Å²) in [6.07, 6.45) is -0.333. The summed E-state index contributed by atoms with van der Waals surface area (Å²) in [5.41, 5.74) is 0.289. The minimum atomic E-state index is -4.49. The van der Waals surface area contributed by atoms with Crippen molar-refractivity contribution in [2.24, 2.45) is 5.41 Å². The molecule has 188 valence electrons. The lowest BCUT2D eigenvalue weighted by Gasteiger charge is -2.16. The van der Waals surface area contributed by atoms with Crippen LogP contribution in [0.15, 0.2) is 54.9 Å². The lowest BCUT2D eigenvalue weighted by molar-refractivity contribution is -0.137. The molecule has 1 saturated carbocycles. The van der Waals surface area contributed by atoms with Crippen LogP contribution in [0.25, 0.3) is 0 Å². The number of hydrogen-bond acceptors (Lipinski definition) is 6. The molecule has 0 bridgehead atoms. The van der Waals surface area contributed by atoms with Crippen molar-refractivity contribution in [2.75, 3.05) is 12.4 Å². The van der Waals surface area contributed by atoms with E-state index >= 15 is 0 Å². The molecule has 3 aromatic rings. The molecule has 7 nitrogen and oxygen atoms in total. The number of hydrogen-bond donors (Lipinski definition) is 2. The molecule has 0 saturated heterocycles. The summed E-state index contributed by atoms with van der Waals surface area (Å²) in [4.78, 5) is 33.7. The highest BCUT2D eigenvalue weighted by atomic mass is 19.4. The number of anilines is 2. The first-order valence-electron chi connectivity index (χ1n) is 11.3. The van der Waals surface area contributed by atoms with Crippen molar-refractivity contribution in [1.29, 1.82) is 0 Å². The Labute approximate surface area is 206 Å². The number of methoxy groups -OCH3 is 1. The van der Waals surface area contributed by atoms with Gasteiger partial charge in [0.25, 0.3) is 0 Å². The molecule has 1 fully saturated rings. The Bertz CT molecular complexity index is 1250. The Morgan fingerprint density at radius 1 is 1.06 bits per heavy atom. The number of pyridine rings is 2. The monoisotopic (exact) mass is 498 g/mol. The number of ether oxygens (including phenoxy) is 1. The van der Waals surface area contributed by atoms with Crippen LogP contribution >= 0.6 is 0 Å². The number of aromatic nitrogens is 2. The van der Waals surface area contributed by atoms with Crippen LogP contribution in [-0.2, 0) is 17.5 Å². The SMILES string of the molecule is COc1ccc(C(=O)CC2(C(=O)NCc3ccc(Nc4ccc(C)cc4C(F)(F)F)cn3)CC2)cn1. The number of aryl methyl sites for hydroxylation is 1. The Morgan fingerprint density at radius 2 is 1.83 bits per heavy atom. The summed E-state index contributed by atoms with van der Waals surface area (Å²) >= 11 is 0. The van der Waals surface area contributed by atoms with Crippen molar-refractivity contribution >= 4 is 23.1 Å². The van der Waals surface area contributed by atoms with Crippen LogP contribution in [0.3, 0.4) is 0 Å². The van der Waals surface area contributed by atoms with Crippen molar-refractivity contribution in [1.82, 2.24) is 15.3 Å². The Hall–Kier alpha value is -3.95. The zero-order chi connectivity index (χ0) is 25.9. The number of Topliss-reactive ketones (excluding diaryl/α,β-unsaturated/α-hetero) is 1. The van der Waals surface area contributed by atoms with E-state index in [4.69, 9.17) is 4.74 Å². The van der Waals surface area contributed by atoms with Crippen molar-refractivity contribution in [3.63, 3.8) is 0 Å². The maximum Gasteiger partial charge on any atom is 0.418 e. The molecular formula is C26H25F3N4O3. The topological polar surface area (TPSA) is 93.2 Å². The summed E-state index contributed by atoms with van der Waals surface area (Å²) < 4.78 is 45.1. The van der Waals surface area contributed by atoms with Gasteiger partial charge in [-0.15, -0.1) is 0 Å². The van der Waals surface area contributed by atoms with Gasteiger partial charge in [-0.2, -0.15) is 13.2 Å². The fourth-order valence-electron chi connectivity index (χ4n) is 3.83. The van der Waals surface area contributed by atoms with E-state index in [0.29, 0.717) is 41.2 Å². The highest BCUT2D eigenvalue weighted by molar-refractivity contribution is 6.00. The second-order valence-corrected chi connectivity index (χ2v) is 8.86. The third-order valence-electron chi connectivity index (χ3n) is 6.12. The zero-order valence-corrected chi connectivity index (χ0v) is 19.8. The predicted molar refractivity (Wildman–Crippen MR) is 127 cm³/mol. The second kappa shape index (κ2) is 9.96. The van der Waals surface area contributed by atoms with E-state index < -0.39 is 17.2 Å². The molecule has 0 radical (unpaired) electrons. The Morgan fingerprint density at radius 3 is 2.42 bits per heavy atom. The first-order valence-corrected chi connectivity index (χ1v) is 11.3. The van der Waals surface area contributed by atoms with Crippen LogP contribution in [0.1, 0.15) is 46.4 Å². The van der Waals surface area contributed by atoms with Gasteiger partial charge in [0.15, 0.2) is 5.78 Å². The normalized spacial score (nSPS) is 14.1. The molecule has 10 heteroatoms. The zero-order valence-electron chi connectivity index (χ0n) is 19.8. The highest BCUT2D eigenvalue weighted by Crippen LogP contribution is 2.49. The smallest absolute Gasteiger partial charge is 0.418 e. The van der Waals surface area contributed by atoms with Crippen molar-refractivity contribution in [2.45, 2.75) is 38.9 Å². The predicted octanol–water partition coefficient (Wildman–Crippen LogP) is 5.23. The van der Waals surface area contributed by atoms with Gasteiger partial charge < -0.3 is 15.4 Å². The van der Waals surface area contributed by atoms with Crippen LogP contribution in [0.4, 0.5) is 24.5 Å². The number of carbonyl (C=O) groups excluding carboxylic acids is 2. The van der Waals surface area contributed by atoms with Gasteiger partial charge in [-0.05, 0) is 50.1 Å². The molecular weight excluding hydrogens is 473 g/mol. The number of nitrogens with zero attached hydrogens (tertiary/aromatic N) is 2. The maximum atomic E-state index is 13.4. The van der Waals surface area contributed by atoms with E-state index in [1.165, 1.54) is 25.6 Å². The van der Waals surface area contributed by atoms with Gasteiger partial charge in [0.1, 0.15) is 0 Å². The quantitative estimate of drug-likeness (QED) is 0.393. The molecule has 1 aliphatic carbocycles. The van der Waals surface area contributed by atoms with E-state index in [1.54, 1.807) is 37.3 Å². The van der Waals surface area contributed by atoms with Crippen molar-refractivity contribution in [3.05, 3.63) is 77.2 Å². The summed E-state index contributed by atoms with van der Waals surface area (Å²) in [7, 11) is 1.49. The average Bonchev–Trinajstić information content (AvgIpc) is 3.64. The van der Waals surface area contributed by atoms with Gasteiger partial charge in [0, 0.05) is 24.2 Å². The molecule has 2 heterocycles. The van der Waals surface area contributed by atoms with Crippen LogP contribution < -0.4 is 15.4 Å². The molecule has 0 unspecified atom stereocenters. The van der Waals surface area contributed by atoms with Gasteiger partial charge in [-0.3, -0.25) is 14.6 Å². The molecule has 4 rings (SSSR count). The highest BCUT2D eigenvalue weighted by Gasteiger charge is 2.51. The van der Waals surface area contributed by atoms with Gasteiger partial charge in [0.05, 0.1) is 47.9 Å². The van der Waals surface area contributed by atoms with E-state index in [0.717, 1.165) is 6.07 Å². The van der Waals surface area contributed by atoms with Gasteiger partial charge in [0.2, 0.25) is 11.8 Å². The van der Waals surface area contributed by atoms with Gasteiger partial charge >= 0.3 is 6.18 Å². The van der Waals surface area contributed by atoms with Crippen molar-refractivity contribution < 1.29 is 27.5 Å². The number of rotatable bonds is 9. The molecule has 1 amide bonds. The first-order chi connectivity index (χ1) is 17.1. The Kier molecular flexibility index (Phi) is 6.96. The summed E-state index contributed by atoms with van der Waals surface area (Å²) in [5.74, 6) is 0.00953. The van der Waals surface area contributed by atoms with Crippen LogP contribution in [-0.4, -0.2) is 28.8 Å². The molecule has 36 heavy (non-hydrogen) atoms. The number of ketones is 1. The standard InChI is InChI=1S/C26H25F3N4O3/c1-16-3-7-21(20(11-16)26(27,28)29)33-19-6-5-18(30-15-19)14-32-24(35)25(9-10-25)12-22(34)17-4-8-23(36-2)31-13-17/h3-8,11,13,15,33H,9-10,12,14H2,1-2H3,(H,32,35). The second-order valence-electron chi connectivity index (χ2n) is 8.86. The fraction of sp³-hybridized carbons (Fsp3) is 0.308. The van der Waals surface area contributed by atoms with Gasteiger partial charge in [-0.1, -0.05) is 11.6 Å². The number of halogens is 3. The minimum Gasteiger partial charge on any atom is -0.481 e. The molecule has 0 atom stereocenters. The number of benzene rings is 1. The van der Waals surface area contributed by atoms with Crippen LogP contribution in [0.5, 0.6) is 5.88 Å². The third-order valence-corrected chi connectivity index (χ3v) is 6.12. The number of nitrogens with one attached hydrogen (secondary N) is 2. The van der Waals surface area contributed by atoms with Crippen LogP contribution in [0, 0.1) is 12.3 Å². The maximum absolute atomic E-state index is 13.4. The molecule has 0 aliphatic heterocycles. The summed E-state index contributed by atoms with van der Waals surface area (Å²) in [5, 5.41) is 5.58. The molecule has 1 aliphatic rings. The molecule has 1 aromatic carbocycles. The summed E-state index contributed by atoms with van der Waals surface area (Å²) in [6.45, 7) is 1.74. The Balaban J connectivity index is 1.34. The minimum absolute atomic E-state index is 0.0663. The molecule has 0 spiro atoms. The largest absolute Gasteiger partial charge is 0.481 e. The van der Waals surface area contributed by atoms with Crippen LogP contribution in [0.2, 0.25) is 0 Å². The number of carbonyl (C=O) groups is 2. The first kappa shape index (κ1) is 25.2. The van der Waals surface area contributed by atoms with Gasteiger partial charge in [-0.25, -0.2) is 4.98 Å². The van der Waals surface area contributed by atoms with E-state index in [1.807, 2.05) is 0 Å². The number of alkyl halides is 3. The molecule has 2 N–H and O–H groups in total. The summed E-state index contributed by atoms with van der Waals surface area (Å²) in [6, 6.07) is 10.5.